The van der Waals surface area contributed by atoms with Crippen molar-refractivity contribution >= 4 is 0 Å². The highest BCUT2D eigenvalue weighted by atomic mass is 16.5. The van der Waals surface area contributed by atoms with Crippen molar-refractivity contribution in [2.45, 2.75) is 52.1 Å². The van der Waals surface area contributed by atoms with Crippen molar-refractivity contribution in [2.75, 3.05) is 32.8 Å². The molecule has 0 aromatic carbocycles. The molecule has 18 heavy (non-hydrogen) atoms. The Morgan fingerprint density at radius 2 is 2.06 bits per heavy atom. The van der Waals surface area contributed by atoms with Gasteiger partial charge in [-0.3, -0.25) is 4.90 Å². The van der Waals surface area contributed by atoms with Crippen molar-refractivity contribution in [3.8, 4) is 0 Å². The van der Waals surface area contributed by atoms with Crippen molar-refractivity contribution < 1.29 is 4.74 Å². The summed E-state index contributed by atoms with van der Waals surface area (Å²) < 4.78 is 5.66. The highest BCUT2D eigenvalue weighted by molar-refractivity contribution is 4.90. The molecule has 2 fully saturated rings. The van der Waals surface area contributed by atoms with Gasteiger partial charge in [-0.2, -0.15) is 0 Å². The third-order valence-electron chi connectivity index (χ3n) is 4.19. The van der Waals surface area contributed by atoms with Crippen molar-refractivity contribution in [1.82, 2.24) is 10.2 Å². The summed E-state index contributed by atoms with van der Waals surface area (Å²) in [5.74, 6) is 1.51. The Morgan fingerprint density at radius 3 is 2.67 bits per heavy atom. The second-order valence-corrected chi connectivity index (χ2v) is 6.37. The number of ether oxygens (including phenoxy) is 1. The smallest absolute Gasteiger partial charge is 0.0623 e. The molecule has 1 aliphatic heterocycles. The molecule has 106 valence electrons. The standard InChI is InChI=1S/C15H30N2O/c1-4-16-15-11-18-10-13(15)9-17(14-5-6-14)8-7-12(2)3/h12-16H,4-11H2,1-3H3. The molecule has 1 heterocycles. The van der Waals surface area contributed by atoms with E-state index in [1.807, 2.05) is 0 Å². The molecule has 0 bridgehead atoms. The van der Waals surface area contributed by atoms with Gasteiger partial charge >= 0.3 is 0 Å². The predicted octanol–water partition coefficient (Wildman–Crippen LogP) is 2.12. The lowest BCUT2D eigenvalue weighted by Gasteiger charge is -2.28. The third-order valence-corrected chi connectivity index (χ3v) is 4.19. The highest BCUT2D eigenvalue weighted by Crippen LogP contribution is 2.29. The van der Waals surface area contributed by atoms with E-state index in [1.165, 1.54) is 32.4 Å². The Labute approximate surface area is 112 Å². The van der Waals surface area contributed by atoms with E-state index < -0.39 is 0 Å². The zero-order chi connectivity index (χ0) is 13.0. The first kappa shape index (κ1) is 14.3. The fourth-order valence-electron chi connectivity index (χ4n) is 2.85. The van der Waals surface area contributed by atoms with Gasteiger partial charge in [0.25, 0.3) is 0 Å². The van der Waals surface area contributed by atoms with Crippen molar-refractivity contribution in [1.29, 1.82) is 0 Å². The predicted molar refractivity (Wildman–Crippen MR) is 75.8 cm³/mol. The topological polar surface area (TPSA) is 24.5 Å². The van der Waals surface area contributed by atoms with Crippen LogP contribution in [0, 0.1) is 11.8 Å². The molecule has 3 nitrogen and oxygen atoms in total. The van der Waals surface area contributed by atoms with Crippen LogP contribution in [0.25, 0.3) is 0 Å². The average molecular weight is 254 g/mol. The molecule has 0 amide bonds. The molecule has 0 spiro atoms. The van der Waals surface area contributed by atoms with E-state index in [0.29, 0.717) is 12.0 Å². The molecular formula is C15H30N2O. The van der Waals surface area contributed by atoms with Crippen LogP contribution in [0.15, 0.2) is 0 Å². The molecule has 1 aliphatic carbocycles. The van der Waals surface area contributed by atoms with Gasteiger partial charge in [-0.15, -0.1) is 0 Å². The van der Waals surface area contributed by atoms with E-state index in [9.17, 15) is 0 Å². The van der Waals surface area contributed by atoms with Crippen LogP contribution in [-0.4, -0.2) is 49.8 Å². The number of nitrogens with zero attached hydrogens (tertiary/aromatic N) is 1. The van der Waals surface area contributed by atoms with Gasteiger partial charge in [0.2, 0.25) is 0 Å². The molecule has 2 rings (SSSR count). The first-order valence-corrected chi connectivity index (χ1v) is 7.75. The summed E-state index contributed by atoms with van der Waals surface area (Å²) in [5.41, 5.74) is 0. The summed E-state index contributed by atoms with van der Waals surface area (Å²) >= 11 is 0. The zero-order valence-electron chi connectivity index (χ0n) is 12.3. The van der Waals surface area contributed by atoms with Gasteiger partial charge in [0.15, 0.2) is 0 Å². The Morgan fingerprint density at radius 1 is 1.28 bits per heavy atom. The zero-order valence-corrected chi connectivity index (χ0v) is 12.3. The molecule has 3 heteroatoms. The molecule has 1 saturated heterocycles. The molecule has 1 saturated carbocycles. The molecule has 2 aliphatic rings. The third kappa shape index (κ3) is 4.22. The Balaban J connectivity index is 1.80. The number of hydrogen-bond acceptors (Lipinski definition) is 3. The lowest BCUT2D eigenvalue weighted by Crippen LogP contribution is -2.42. The van der Waals surface area contributed by atoms with Gasteiger partial charge in [0.1, 0.15) is 0 Å². The molecule has 0 aromatic heterocycles. The number of hydrogen-bond donors (Lipinski definition) is 1. The van der Waals surface area contributed by atoms with E-state index in [-0.39, 0.29) is 0 Å². The van der Waals surface area contributed by atoms with E-state index in [4.69, 9.17) is 4.74 Å². The Kier molecular flexibility index (Phi) is 5.46. The summed E-state index contributed by atoms with van der Waals surface area (Å²) in [7, 11) is 0. The molecular weight excluding hydrogens is 224 g/mol. The van der Waals surface area contributed by atoms with Crippen molar-refractivity contribution in [3.63, 3.8) is 0 Å². The molecule has 0 radical (unpaired) electrons. The second kappa shape index (κ2) is 6.88. The lowest BCUT2D eigenvalue weighted by atomic mass is 10.0. The maximum absolute atomic E-state index is 5.66. The molecule has 1 N–H and O–H groups in total. The molecule has 0 aromatic rings. The highest BCUT2D eigenvalue weighted by Gasteiger charge is 2.34. The maximum Gasteiger partial charge on any atom is 0.0623 e. The van der Waals surface area contributed by atoms with Gasteiger partial charge in [-0.25, -0.2) is 0 Å². The average Bonchev–Trinajstić information content (AvgIpc) is 3.08. The number of nitrogens with one attached hydrogen (secondary N) is 1. The minimum Gasteiger partial charge on any atom is -0.379 e. The van der Waals surface area contributed by atoms with Crippen LogP contribution in [-0.2, 0) is 4.74 Å². The molecule has 2 unspecified atom stereocenters. The van der Waals surface area contributed by atoms with Crippen LogP contribution in [0.5, 0.6) is 0 Å². The van der Waals surface area contributed by atoms with Crippen molar-refractivity contribution in [2.24, 2.45) is 11.8 Å². The monoisotopic (exact) mass is 254 g/mol. The lowest BCUT2D eigenvalue weighted by molar-refractivity contribution is 0.161. The summed E-state index contributed by atoms with van der Waals surface area (Å²) in [6.07, 6.45) is 4.16. The van der Waals surface area contributed by atoms with E-state index in [1.54, 1.807) is 0 Å². The van der Waals surface area contributed by atoms with Crippen LogP contribution >= 0.6 is 0 Å². The second-order valence-electron chi connectivity index (χ2n) is 6.37. The largest absolute Gasteiger partial charge is 0.379 e. The van der Waals surface area contributed by atoms with Gasteiger partial charge < -0.3 is 10.1 Å². The summed E-state index contributed by atoms with van der Waals surface area (Å²) in [6.45, 7) is 12.2. The minimum absolute atomic E-state index is 0.579. The van der Waals surface area contributed by atoms with Gasteiger partial charge in [0.05, 0.1) is 13.2 Å². The van der Waals surface area contributed by atoms with Crippen LogP contribution in [0.1, 0.15) is 40.0 Å². The summed E-state index contributed by atoms with van der Waals surface area (Å²) in [5, 5.41) is 3.57. The summed E-state index contributed by atoms with van der Waals surface area (Å²) in [6, 6.07) is 1.46. The van der Waals surface area contributed by atoms with Gasteiger partial charge in [-0.1, -0.05) is 20.8 Å². The normalized spacial score (nSPS) is 28.5. The van der Waals surface area contributed by atoms with Gasteiger partial charge in [-0.05, 0) is 38.3 Å². The van der Waals surface area contributed by atoms with Crippen LogP contribution in [0.4, 0.5) is 0 Å². The first-order valence-electron chi connectivity index (χ1n) is 7.75. The fraction of sp³-hybridized carbons (Fsp3) is 1.00. The van der Waals surface area contributed by atoms with Crippen LogP contribution in [0.3, 0.4) is 0 Å². The first-order chi connectivity index (χ1) is 8.70. The number of likely N-dealkylation sites (N-methyl/N-ethyl adjacent to an activating group) is 1. The maximum atomic E-state index is 5.66. The van der Waals surface area contributed by atoms with Gasteiger partial charge in [0, 0.05) is 24.5 Å². The van der Waals surface area contributed by atoms with Crippen LogP contribution in [0.2, 0.25) is 0 Å². The summed E-state index contributed by atoms with van der Waals surface area (Å²) in [4.78, 5) is 2.73. The van der Waals surface area contributed by atoms with E-state index >= 15 is 0 Å². The Bertz CT molecular complexity index is 241. The number of rotatable bonds is 8. The SMILES string of the molecule is CCNC1COCC1CN(CCC(C)C)C1CC1. The van der Waals surface area contributed by atoms with Crippen LogP contribution < -0.4 is 5.32 Å². The van der Waals surface area contributed by atoms with Crippen molar-refractivity contribution in [3.05, 3.63) is 0 Å². The van der Waals surface area contributed by atoms with E-state index in [0.717, 1.165) is 31.7 Å². The van der Waals surface area contributed by atoms with E-state index in [2.05, 4.69) is 31.0 Å². The quantitative estimate of drug-likeness (QED) is 0.718. The molecule has 2 atom stereocenters. The minimum atomic E-state index is 0.579. The Hall–Kier alpha value is -0.120. The fourth-order valence-corrected chi connectivity index (χ4v) is 2.85.